The molecule has 0 saturated carbocycles. The van der Waals surface area contributed by atoms with Crippen LogP contribution in [0.5, 0.6) is 5.75 Å². The van der Waals surface area contributed by atoms with Gasteiger partial charge in [-0.3, -0.25) is 0 Å². The van der Waals surface area contributed by atoms with Gasteiger partial charge >= 0.3 is 5.97 Å². The number of ether oxygens (including phenoxy) is 1. The third-order valence-corrected chi connectivity index (χ3v) is 8.75. The Kier molecular flexibility index (Phi) is 7.74. The maximum Gasteiger partial charge on any atom is 0.331 e. The minimum Gasteiger partial charge on any atom is -0.496 e. The molecule has 4 rings (SSSR count). The number of carbonyl (C=O) groups is 1. The number of hydrogen-bond donors (Lipinski definition) is 2. The number of nitrogens with one attached hydrogen (secondary N) is 1. The average Bonchev–Trinajstić information content (AvgIpc) is 3.24. The van der Waals surface area contributed by atoms with Gasteiger partial charge in [0, 0.05) is 23.5 Å². The van der Waals surface area contributed by atoms with Crippen LogP contribution in [0.25, 0.3) is 6.08 Å². The standard InChI is InChI=1S/C27H30N2O4S2/c1-17-10-11-25-26(19(17)3)29(21-8-5-6-9-24(21)35(25)32)13-7-12-28-16-23-22(33-4)15-20(34-23)14-18(2)27(30)31/h5-6,8-11,14-15,28H,7,12-13,16H2,1-4H3,(H,30,31). The van der Waals surface area contributed by atoms with Crippen molar-refractivity contribution in [1.29, 1.82) is 0 Å². The van der Waals surface area contributed by atoms with Crippen LogP contribution in [0.3, 0.4) is 0 Å². The summed E-state index contributed by atoms with van der Waals surface area (Å²) in [5.74, 6) is -0.161. The highest BCUT2D eigenvalue weighted by Gasteiger charge is 2.29. The third kappa shape index (κ3) is 5.19. The zero-order valence-electron chi connectivity index (χ0n) is 20.4. The fourth-order valence-corrected chi connectivity index (χ4v) is 6.75. The second-order valence-electron chi connectivity index (χ2n) is 8.55. The molecule has 184 valence electrons. The van der Waals surface area contributed by atoms with Gasteiger partial charge in [0.25, 0.3) is 0 Å². The van der Waals surface area contributed by atoms with Crippen LogP contribution >= 0.6 is 11.3 Å². The summed E-state index contributed by atoms with van der Waals surface area (Å²) in [6.07, 6.45) is 2.56. The topological polar surface area (TPSA) is 78.9 Å². The SMILES string of the molecule is COc1cc(C=C(C)C(=O)O)sc1CNCCCN1c2ccccc2S(=O)c2ccc(C)c(C)c21. The van der Waals surface area contributed by atoms with E-state index in [0.717, 1.165) is 56.2 Å². The van der Waals surface area contributed by atoms with Crippen molar-refractivity contribution in [3.8, 4) is 5.75 Å². The quantitative estimate of drug-likeness (QED) is 0.286. The van der Waals surface area contributed by atoms with Gasteiger partial charge in [-0.25, -0.2) is 9.00 Å². The van der Waals surface area contributed by atoms with Gasteiger partial charge in [0.1, 0.15) is 5.75 Å². The van der Waals surface area contributed by atoms with Gasteiger partial charge in [-0.2, -0.15) is 0 Å². The molecule has 6 nitrogen and oxygen atoms in total. The fourth-order valence-electron chi connectivity index (χ4n) is 4.21. The van der Waals surface area contributed by atoms with E-state index in [-0.39, 0.29) is 0 Å². The summed E-state index contributed by atoms with van der Waals surface area (Å²) in [5, 5.41) is 12.6. The highest BCUT2D eigenvalue weighted by Crippen LogP contribution is 2.44. The Morgan fingerprint density at radius 2 is 1.97 bits per heavy atom. The number of rotatable bonds is 9. The summed E-state index contributed by atoms with van der Waals surface area (Å²) in [6.45, 7) is 8.01. The molecule has 0 spiro atoms. The Balaban J connectivity index is 1.45. The molecule has 0 bridgehead atoms. The zero-order valence-corrected chi connectivity index (χ0v) is 22.0. The van der Waals surface area contributed by atoms with Gasteiger partial charge in [0.2, 0.25) is 0 Å². The van der Waals surface area contributed by atoms with E-state index in [2.05, 4.69) is 36.2 Å². The number of thiophene rings is 1. The number of aryl methyl sites for hydroxylation is 1. The normalized spacial score (nSPS) is 15.0. The maximum absolute atomic E-state index is 13.2. The number of aliphatic carboxylic acids is 1. The van der Waals surface area contributed by atoms with E-state index in [0.29, 0.717) is 12.1 Å². The van der Waals surface area contributed by atoms with E-state index in [4.69, 9.17) is 9.84 Å². The lowest BCUT2D eigenvalue weighted by atomic mass is 10.1. The molecule has 1 atom stereocenters. The van der Waals surface area contributed by atoms with Crippen molar-refractivity contribution in [2.24, 2.45) is 0 Å². The lowest BCUT2D eigenvalue weighted by molar-refractivity contribution is -0.132. The van der Waals surface area contributed by atoms with E-state index in [1.54, 1.807) is 20.1 Å². The highest BCUT2D eigenvalue weighted by molar-refractivity contribution is 7.85. The molecule has 0 fully saturated rings. The minimum atomic E-state index is -1.18. The number of carboxylic acid groups (broad SMARTS) is 1. The number of para-hydroxylation sites is 1. The lowest BCUT2D eigenvalue weighted by Gasteiger charge is -2.34. The molecule has 1 aliphatic rings. The molecule has 0 aliphatic carbocycles. The number of hydrogen-bond acceptors (Lipinski definition) is 6. The van der Waals surface area contributed by atoms with Crippen molar-refractivity contribution in [2.45, 2.75) is 43.5 Å². The first-order valence-corrected chi connectivity index (χ1v) is 13.5. The van der Waals surface area contributed by atoms with E-state index < -0.39 is 16.8 Å². The third-order valence-electron chi connectivity index (χ3n) is 6.22. The molecule has 1 unspecified atom stereocenters. The molecular formula is C27H30N2O4S2. The van der Waals surface area contributed by atoms with Gasteiger partial charge in [0.15, 0.2) is 0 Å². The first-order valence-electron chi connectivity index (χ1n) is 11.5. The molecule has 0 amide bonds. The van der Waals surface area contributed by atoms with Crippen molar-refractivity contribution in [3.05, 3.63) is 68.9 Å². The zero-order chi connectivity index (χ0) is 25.1. The van der Waals surface area contributed by atoms with Crippen molar-refractivity contribution in [2.75, 3.05) is 25.1 Å². The maximum atomic E-state index is 13.2. The largest absolute Gasteiger partial charge is 0.496 e. The lowest BCUT2D eigenvalue weighted by Crippen LogP contribution is -2.28. The summed E-state index contributed by atoms with van der Waals surface area (Å²) in [7, 11) is 0.444. The second-order valence-corrected chi connectivity index (χ2v) is 11.1. The Labute approximate surface area is 212 Å². The van der Waals surface area contributed by atoms with Crippen LogP contribution in [0.4, 0.5) is 11.4 Å². The van der Waals surface area contributed by atoms with E-state index in [9.17, 15) is 9.00 Å². The Morgan fingerprint density at radius 3 is 2.71 bits per heavy atom. The van der Waals surface area contributed by atoms with E-state index in [1.807, 2.05) is 30.3 Å². The number of nitrogens with zero attached hydrogens (tertiary/aromatic N) is 1. The van der Waals surface area contributed by atoms with Crippen molar-refractivity contribution in [3.63, 3.8) is 0 Å². The molecule has 35 heavy (non-hydrogen) atoms. The predicted molar refractivity (Wildman–Crippen MR) is 143 cm³/mol. The van der Waals surface area contributed by atoms with Crippen LogP contribution in [0.2, 0.25) is 0 Å². The van der Waals surface area contributed by atoms with Gasteiger partial charge in [-0.1, -0.05) is 18.2 Å². The molecule has 1 aromatic heterocycles. The molecule has 0 radical (unpaired) electrons. The molecule has 2 aromatic carbocycles. The van der Waals surface area contributed by atoms with Crippen LogP contribution in [-0.2, 0) is 22.1 Å². The van der Waals surface area contributed by atoms with Crippen LogP contribution in [0.15, 0.2) is 57.8 Å². The van der Waals surface area contributed by atoms with Crippen LogP contribution in [-0.4, -0.2) is 35.5 Å². The molecule has 2 heterocycles. The highest BCUT2D eigenvalue weighted by atomic mass is 32.2. The van der Waals surface area contributed by atoms with Gasteiger partial charge in [-0.05, 0) is 75.2 Å². The number of methoxy groups -OCH3 is 1. The number of fused-ring (bicyclic) bond motifs is 2. The van der Waals surface area contributed by atoms with Crippen molar-refractivity contribution >= 4 is 45.6 Å². The van der Waals surface area contributed by atoms with Crippen LogP contribution in [0.1, 0.15) is 34.2 Å². The fraction of sp³-hybridized carbons (Fsp3) is 0.296. The summed E-state index contributed by atoms with van der Waals surface area (Å²) < 4.78 is 18.7. The van der Waals surface area contributed by atoms with Crippen molar-refractivity contribution < 1.29 is 18.8 Å². The Hall–Kier alpha value is -2.94. The molecule has 3 aromatic rings. The van der Waals surface area contributed by atoms with Gasteiger partial charge in [-0.15, -0.1) is 11.3 Å². The Bertz CT molecular complexity index is 1310. The number of carboxylic acids is 1. The molecular weight excluding hydrogens is 480 g/mol. The summed E-state index contributed by atoms with van der Waals surface area (Å²) in [5.41, 5.74) is 4.72. The summed E-state index contributed by atoms with van der Waals surface area (Å²) in [6, 6.07) is 13.9. The monoisotopic (exact) mass is 510 g/mol. The number of benzene rings is 2. The first kappa shape index (κ1) is 25.2. The Morgan fingerprint density at radius 1 is 1.20 bits per heavy atom. The number of anilines is 2. The van der Waals surface area contributed by atoms with Gasteiger partial charge < -0.3 is 20.1 Å². The van der Waals surface area contributed by atoms with E-state index in [1.165, 1.54) is 22.5 Å². The average molecular weight is 511 g/mol. The second kappa shape index (κ2) is 10.8. The molecule has 2 N–H and O–H groups in total. The molecule has 8 heteroatoms. The predicted octanol–water partition coefficient (Wildman–Crippen LogP) is 5.66. The van der Waals surface area contributed by atoms with E-state index >= 15 is 0 Å². The van der Waals surface area contributed by atoms with Crippen LogP contribution in [0, 0.1) is 13.8 Å². The minimum absolute atomic E-state index is 0.293. The van der Waals surface area contributed by atoms with Crippen LogP contribution < -0.4 is 15.0 Å². The van der Waals surface area contributed by atoms with Crippen molar-refractivity contribution in [1.82, 2.24) is 5.32 Å². The summed E-state index contributed by atoms with van der Waals surface area (Å²) in [4.78, 5) is 17.1. The molecule has 0 saturated heterocycles. The first-order chi connectivity index (χ1) is 16.8. The molecule has 1 aliphatic heterocycles. The summed E-state index contributed by atoms with van der Waals surface area (Å²) >= 11 is 1.53. The van der Waals surface area contributed by atoms with Gasteiger partial charge in [0.05, 0.1) is 44.0 Å². The smallest absolute Gasteiger partial charge is 0.331 e.